The first-order valence-electron chi connectivity index (χ1n) is 12.3. The van der Waals surface area contributed by atoms with Crippen LogP contribution in [-0.2, 0) is 13.1 Å². The number of nitrogens with zero attached hydrogens (tertiary/aromatic N) is 5. The van der Waals surface area contributed by atoms with Crippen molar-refractivity contribution in [3.05, 3.63) is 108 Å². The number of para-hydroxylation sites is 1. The number of aryl methyl sites for hydroxylation is 1. The molecule has 1 N–H and O–H groups in total. The fourth-order valence-corrected chi connectivity index (χ4v) is 4.82. The van der Waals surface area contributed by atoms with Gasteiger partial charge in [0.05, 0.1) is 29.5 Å². The molecule has 0 aliphatic carbocycles. The summed E-state index contributed by atoms with van der Waals surface area (Å²) in [5.74, 6) is 0.276. The van der Waals surface area contributed by atoms with E-state index in [-0.39, 0.29) is 5.91 Å². The Labute approximate surface area is 214 Å². The second kappa shape index (κ2) is 9.35. The summed E-state index contributed by atoms with van der Waals surface area (Å²) in [5.41, 5.74) is 5.14. The van der Waals surface area contributed by atoms with E-state index in [4.69, 9.17) is 4.98 Å². The zero-order valence-corrected chi connectivity index (χ0v) is 20.7. The molecule has 3 aromatic carbocycles. The maximum Gasteiger partial charge on any atom is 0.257 e. The Bertz CT molecular complexity index is 1760. The van der Waals surface area contributed by atoms with Crippen molar-refractivity contribution in [2.45, 2.75) is 26.9 Å². The molecule has 3 aromatic heterocycles. The van der Waals surface area contributed by atoms with Crippen LogP contribution in [0, 0.1) is 6.92 Å². The molecule has 0 fully saturated rings. The van der Waals surface area contributed by atoms with Crippen molar-refractivity contribution in [3.63, 3.8) is 0 Å². The SMILES string of the molecule is CCn1ncc(-c2cc(C(=O)Nc3ccn(Cc4cccc5ccccc45)n3)c3ccccc3n2)c1C. The lowest BCUT2D eigenvalue weighted by Crippen LogP contribution is -2.14. The van der Waals surface area contributed by atoms with E-state index in [2.05, 4.69) is 52.8 Å². The lowest BCUT2D eigenvalue weighted by molar-refractivity contribution is 0.102. The lowest BCUT2D eigenvalue weighted by atomic mass is 10.0. The van der Waals surface area contributed by atoms with Gasteiger partial charge in [-0.15, -0.1) is 0 Å². The molecule has 0 aliphatic heterocycles. The topological polar surface area (TPSA) is 77.6 Å². The summed E-state index contributed by atoms with van der Waals surface area (Å²) in [5, 5.41) is 15.2. The first kappa shape index (κ1) is 22.7. The highest BCUT2D eigenvalue weighted by atomic mass is 16.1. The number of nitrogens with one attached hydrogen (secondary N) is 1. The van der Waals surface area contributed by atoms with Crippen LogP contribution in [0.2, 0.25) is 0 Å². The van der Waals surface area contributed by atoms with Crippen LogP contribution in [-0.4, -0.2) is 30.5 Å². The number of rotatable bonds is 6. The summed E-state index contributed by atoms with van der Waals surface area (Å²) in [4.78, 5) is 18.3. The number of anilines is 1. The Morgan fingerprint density at radius 3 is 2.57 bits per heavy atom. The van der Waals surface area contributed by atoms with E-state index < -0.39 is 0 Å². The molecular weight excluding hydrogens is 460 g/mol. The summed E-state index contributed by atoms with van der Waals surface area (Å²) < 4.78 is 3.77. The molecule has 0 aliphatic rings. The molecule has 37 heavy (non-hydrogen) atoms. The van der Waals surface area contributed by atoms with Crippen LogP contribution in [0.25, 0.3) is 32.9 Å². The number of aromatic nitrogens is 5. The van der Waals surface area contributed by atoms with Gasteiger partial charge in [0.1, 0.15) is 0 Å². The van der Waals surface area contributed by atoms with Crippen molar-refractivity contribution in [3.8, 4) is 11.3 Å². The van der Waals surface area contributed by atoms with Crippen LogP contribution in [0.3, 0.4) is 0 Å². The third-order valence-electron chi connectivity index (χ3n) is 6.73. The standard InChI is InChI=1S/C30H26N6O/c1-3-36-20(2)26(18-31-36)28-17-25(24-13-6-7-14-27(24)32-28)30(37)33-29-15-16-35(34-29)19-22-11-8-10-21-9-4-5-12-23(21)22/h4-18H,3,19H2,1-2H3,(H,33,34,37). The van der Waals surface area contributed by atoms with Crippen molar-refractivity contribution in [2.75, 3.05) is 5.32 Å². The van der Waals surface area contributed by atoms with Crippen molar-refractivity contribution in [1.82, 2.24) is 24.5 Å². The summed E-state index contributed by atoms with van der Waals surface area (Å²) in [6.07, 6.45) is 3.70. The fourth-order valence-electron chi connectivity index (χ4n) is 4.82. The number of fused-ring (bicyclic) bond motifs is 2. The molecule has 0 spiro atoms. The van der Waals surface area contributed by atoms with Gasteiger partial charge >= 0.3 is 0 Å². The van der Waals surface area contributed by atoms with Crippen molar-refractivity contribution < 1.29 is 4.79 Å². The van der Waals surface area contributed by atoms with Crippen LogP contribution >= 0.6 is 0 Å². The molecule has 0 radical (unpaired) electrons. The van der Waals surface area contributed by atoms with Crippen LogP contribution in [0.5, 0.6) is 0 Å². The molecule has 6 rings (SSSR count). The maximum atomic E-state index is 13.5. The predicted octanol–water partition coefficient (Wildman–Crippen LogP) is 6.08. The predicted molar refractivity (Wildman–Crippen MR) is 147 cm³/mol. The van der Waals surface area contributed by atoms with Gasteiger partial charge in [-0.3, -0.25) is 14.2 Å². The number of carbonyl (C=O) groups excluding carboxylic acids is 1. The van der Waals surface area contributed by atoms with E-state index in [0.717, 1.165) is 34.4 Å². The lowest BCUT2D eigenvalue weighted by Gasteiger charge is -2.10. The fraction of sp³-hybridized carbons (Fsp3) is 0.133. The second-order valence-corrected chi connectivity index (χ2v) is 9.02. The third kappa shape index (κ3) is 4.25. The Morgan fingerprint density at radius 2 is 1.73 bits per heavy atom. The zero-order valence-electron chi connectivity index (χ0n) is 20.7. The molecule has 0 unspecified atom stereocenters. The zero-order chi connectivity index (χ0) is 25.4. The average molecular weight is 487 g/mol. The van der Waals surface area contributed by atoms with Crippen LogP contribution in [0.1, 0.15) is 28.5 Å². The molecule has 0 bridgehead atoms. The van der Waals surface area contributed by atoms with Gasteiger partial charge in [-0.25, -0.2) is 4.98 Å². The van der Waals surface area contributed by atoms with Crippen LogP contribution in [0.4, 0.5) is 5.82 Å². The second-order valence-electron chi connectivity index (χ2n) is 9.02. The van der Waals surface area contributed by atoms with E-state index in [1.807, 2.05) is 77.2 Å². The van der Waals surface area contributed by atoms with Crippen molar-refractivity contribution in [2.24, 2.45) is 0 Å². The van der Waals surface area contributed by atoms with E-state index >= 15 is 0 Å². The highest BCUT2D eigenvalue weighted by Crippen LogP contribution is 2.28. The monoisotopic (exact) mass is 486 g/mol. The summed E-state index contributed by atoms with van der Waals surface area (Å²) in [6.45, 7) is 5.45. The molecular formula is C30H26N6O. The molecule has 7 heteroatoms. The van der Waals surface area contributed by atoms with Gasteiger partial charge in [0.15, 0.2) is 5.82 Å². The minimum atomic E-state index is -0.226. The first-order chi connectivity index (χ1) is 18.1. The Balaban J connectivity index is 1.30. The number of pyridine rings is 1. The van der Waals surface area contributed by atoms with Crippen molar-refractivity contribution >= 4 is 33.4 Å². The number of benzene rings is 3. The number of carbonyl (C=O) groups is 1. The molecule has 0 atom stereocenters. The smallest absolute Gasteiger partial charge is 0.257 e. The van der Waals surface area contributed by atoms with E-state index in [0.29, 0.717) is 17.9 Å². The minimum Gasteiger partial charge on any atom is -0.305 e. The average Bonchev–Trinajstić information content (AvgIpc) is 3.53. The number of amides is 1. The highest BCUT2D eigenvalue weighted by Gasteiger charge is 2.17. The molecule has 6 aromatic rings. The molecule has 1 amide bonds. The normalized spacial score (nSPS) is 11.3. The number of hydrogen-bond donors (Lipinski definition) is 1. The molecule has 7 nitrogen and oxygen atoms in total. The van der Waals surface area contributed by atoms with Gasteiger partial charge in [-0.2, -0.15) is 10.2 Å². The van der Waals surface area contributed by atoms with Gasteiger partial charge < -0.3 is 5.32 Å². The Hall–Kier alpha value is -4.78. The largest absolute Gasteiger partial charge is 0.305 e. The molecule has 3 heterocycles. The third-order valence-corrected chi connectivity index (χ3v) is 6.73. The summed E-state index contributed by atoms with van der Waals surface area (Å²) >= 11 is 0. The first-order valence-corrected chi connectivity index (χ1v) is 12.3. The van der Waals surface area contributed by atoms with E-state index in [1.54, 1.807) is 0 Å². The Kier molecular flexibility index (Phi) is 5.73. The van der Waals surface area contributed by atoms with Gasteiger partial charge in [0.2, 0.25) is 0 Å². The van der Waals surface area contributed by atoms with E-state index in [9.17, 15) is 4.79 Å². The summed E-state index contributed by atoms with van der Waals surface area (Å²) in [7, 11) is 0. The van der Waals surface area contributed by atoms with Crippen LogP contribution in [0.15, 0.2) is 91.3 Å². The Morgan fingerprint density at radius 1 is 0.946 bits per heavy atom. The molecule has 0 saturated carbocycles. The van der Waals surface area contributed by atoms with Gasteiger partial charge in [-0.05, 0) is 42.3 Å². The van der Waals surface area contributed by atoms with E-state index in [1.165, 1.54) is 16.3 Å². The molecule has 182 valence electrons. The van der Waals surface area contributed by atoms with Gasteiger partial charge in [0, 0.05) is 35.5 Å². The van der Waals surface area contributed by atoms with Crippen molar-refractivity contribution in [1.29, 1.82) is 0 Å². The van der Waals surface area contributed by atoms with Crippen LogP contribution < -0.4 is 5.32 Å². The molecule has 0 saturated heterocycles. The highest BCUT2D eigenvalue weighted by molar-refractivity contribution is 6.12. The summed E-state index contributed by atoms with van der Waals surface area (Å²) in [6, 6.07) is 25.9. The minimum absolute atomic E-state index is 0.226. The maximum absolute atomic E-state index is 13.5. The van der Waals surface area contributed by atoms with Gasteiger partial charge in [-0.1, -0.05) is 60.7 Å². The quantitative estimate of drug-likeness (QED) is 0.310. The van der Waals surface area contributed by atoms with Gasteiger partial charge in [0.25, 0.3) is 5.91 Å². The number of hydrogen-bond acceptors (Lipinski definition) is 4.